The minimum atomic E-state index is -0.180. The molecular formula is C18H19N5O. The SMILES string of the molecule is Cc1cc(C)n(-c2ccc(C(=O)N[C@@H](C)c3ccccn3)cn2)n1. The van der Waals surface area contributed by atoms with Crippen molar-refractivity contribution < 1.29 is 4.79 Å². The lowest BCUT2D eigenvalue weighted by Crippen LogP contribution is -2.27. The highest BCUT2D eigenvalue weighted by Gasteiger charge is 2.13. The van der Waals surface area contributed by atoms with E-state index in [-0.39, 0.29) is 11.9 Å². The van der Waals surface area contributed by atoms with Gasteiger partial charge in [-0.15, -0.1) is 0 Å². The molecule has 6 heteroatoms. The minimum Gasteiger partial charge on any atom is -0.344 e. The number of aryl methyl sites for hydroxylation is 2. The van der Waals surface area contributed by atoms with E-state index in [1.54, 1.807) is 29.2 Å². The second-order valence-electron chi connectivity index (χ2n) is 5.69. The lowest BCUT2D eigenvalue weighted by molar-refractivity contribution is 0.0939. The highest BCUT2D eigenvalue weighted by atomic mass is 16.1. The van der Waals surface area contributed by atoms with Gasteiger partial charge in [0.05, 0.1) is 23.0 Å². The predicted molar refractivity (Wildman–Crippen MR) is 91.0 cm³/mol. The van der Waals surface area contributed by atoms with Gasteiger partial charge in [0.15, 0.2) is 5.82 Å². The topological polar surface area (TPSA) is 72.7 Å². The van der Waals surface area contributed by atoms with E-state index in [2.05, 4.69) is 20.4 Å². The van der Waals surface area contributed by atoms with Crippen molar-refractivity contribution in [3.05, 3.63) is 71.4 Å². The van der Waals surface area contributed by atoms with E-state index in [1.165, 1.54) is 0 Å². The fraction of sp³-hybridized carbons (Fsp3) is 0.222. The Morgan fingerprint density at radius 1 is 1.17 bits per heavy atom. The molecule has 3 aromatic heterocycles. The second-order valence-corrected chi connectivity index (χ2v) is 5.69. The van der Waals surface area contributed by atoms with Crippen LogP contribution in [-0.4, -0.2) is 25.7 Å². The van der Waals surface area contributed by atoms with Crippen LogP contribution in [0.1, 0.15) is 40.4 Å². The highest BCUT2D eigenvalue weighted by molar-refractivity contribution is 5.94. The Morgan fingerprint density at radius 2 is 2.00 bits per heavy atom. The molecule has 24 heavy (non-hydrogen) atoms. The maximum atomic E-state index is 12.3. The molecule has 0 saturated heterocycles. The standard InChI is InChI=1S/C18H19N5O/c1-12-10-13(2)23(22-12)17-8-7-15(11-20-17)18(24)21-14(3)16-6-4-5-9-19-16/h4-11,14H,1-3H3,(H,21,24)/t14-/m0/s1. The molecule has 3 heterocycles. The smallest absolute Gasteiger partial charge is 0.253 e. The van der Waals surface area contributed by atoms with E-state index in [4.69, 9.17) is 0 Å². The van der Waals surface area contributed by atoms with Crippen molar-refractivity contribution >= 4 is 5.91 Å². The molecule has 6 nitrogen and oxygen atoms in total. The Kier molecular flexibility index (Phi) is 4.37. The van der Waals surface area contributed by atoms with Gasteiger partial charge in [-0.2, -0.15) is 5.10 Å². The van der Waals surface area contributed by atoms with Crippen molar-refractivity contribution in [2.45, 2.75) is 26.8 Å². The number of nitrogens with one attached hydrogen (secondary N) is 1. The van der Waals surface area contributed by atoms with Crippen LogP contribution in [0.15, 0.2) is 48.8 Å². The van der Waals surface area contributed by atoms with Crippen molar-refractivity contribution in [1.29, 1.82) is 0 Å². The fourth-order valence-electron chi connectivity index (χ4n) is 2.49. The van der Waals surface area contributed by atoms with Crippen LogP contribution in [0.4, 0.5) is 0 Å². The van der Waals surface area contributed by atoms with Gasteiger partial charge in [0, 0.05) is 18.1 Å². The van der Waals surface area contributed by atoms with Crippen molar-refractivity contribution in [1.82, 2.24) is 25.1 Å². The summed E-state index contributed by atoms with van der Waals surface area (Å²) in [5.74, 6) is 0.510. The van der Waals surface area contributed by atoms with Crippen LogP contribution in [0, 0.1) is 13.8 Å². The quantitative estimate of drug-likeness (QED) is 0.802. The summed E-state index contributed by atoms with van der Waals surface area (Å²) in [6, 6.07) is 11.0. The van der Waals surface area contributed by atoms with Crippen LogP contribution < -0.4 is 5.32 Å². The van der Waals surface area contributed by atoms with Gasteiger partial charge in [-0.05, 0) is 51.1 Å². The van der Waals surface area contributed by atoms with E-state index in [1.807, 2.05) is 45.0 Å². The maximum Gasteiger partial charge on any atom is 0.253 e. The normalized spacial score (nSPS) is 12.0. The van der Waals surface area contributed by atoms with Crippen molar-refractivity contribution in [3.8, 4) is 5.82 Å². The van der Waals surface area contributed by atoms with Crippen LogP contribution in [0.2, 0.25) is 0 Å². The van der Waals surface area contributed by atoms with E-state index >= 15 is 0 Å². The number of carbonyl (C=O) groups is 1. The van der Waals surface area contributed by atoms with Crippen LogP contribution in [0.25, 0.3) is 5.82 Å². The highest BCUT2D eigenvalue weighted by Crippen LogP contribution is 2.12. The lowest BCUT2D eigenvalue weighted by Gasteiger charge is -2.13. The number of carbonyl (C=O) groups excluding carboxylic acids is 1. The molecule has 122 valence electrons. The number of amides is 1. The minimum absolute atomic E-state index is 0.172. The first-order valence-electron chi connectivity index (χ1n) is 7.76. The molecule has 1 amide bonds. The monoisotopic (exact) mass is 321 g/mol. The van der Waals surface area contributed by atoms with Gasteiger partial charge in [0.2, 0.25) is 0 Å². The third-order valence-electron chi connectivity index (χ3n) is 3.72. The molecule has 0 radical (unpaired) electrons. The molecule has 0 aliphatic carbocycles. The molecule has 0 unspecified atom stereocenters. The Morgan fingerprint density at radius 3 is 2.58 bits per heavy atom. The summed E-state index contributed by atoms with van der Waals surface area (Å²) in [5, 5.41) is 7.31. The average molecular weight is 321 g/mol. The van der Waals surface area contributed by atoms with Crippen LogP contribution in [0.3, 0.4) is 0 Å². The number of nitrogens with zero attached hydrogens (tertiary/aromatic N) is 4. The molecule has 1 N–H and O–H groups in total. The van der Waals surface area contributed by atoms with Crippen molar-refractivity contribution in [2.24, 2.45) is 0 Å². The predicted octanol–water partition coefficient (Wildman–Crippen LogP) is 2.77. The molecule has 0 saturated carbocycles. The number of hydrogen-bond donors (Lipinski definition) is 1. The Labute approximate surface area is 140 Å². The van der Waals surface area contributed by atoms with Gasteiger partial charge < -0.3 is 5.32 Å². The zero-order valence-electron chi connectivity index (χ0n) is 13.9. The summed E-state index contributed by atoms with van der Waals surface area (Å²) in [6.45, 7) is 5.80. The summed E-state index contributed by atoms with van der Waals surface area (Å²) in [7, 11) is 0. The Bertz CT molecular complexity index is 840. The van der Waals surface area contributed by atoms with Crippen LogP contribution in [-0.2, 0) is 0 Å². The summed E-state index contributed by atoms with van der Waals surface area (Å²) >= 11 is 0. The largest absolute Gasteiger partial charge is 0.344 e. The molecular weight excluding hydrogens is 302 g/mol. The summed E-state index contributed by atoms with van der Waals surface area (Å²) < 4.78 is 1.76. The first-order chi connectivity index (χ1) is 11.5. The summed E-state index contributed by atoms with van der Waals surface area (Å²) in [5.41, 5.74) is 3.25. The third-order valence-corrected chi connectivity index (χ3v) is 3.72. The van der Waals surface area contributed by atoms with E-state index < -0.39 is 0 Å². The van der Waals surface area contributed by atoms with Gasteiger partial charge in [0.1, 0.15) is 0 Å². The Hall–Kier alpha value is -3.02. The maximum absolute atomic E-state index is 12.3. The molecule has 1 atom stereocenters. The fourth-order valence-corrected chi connectivity index (χ4v) is 2.49. The van der Waals surface area contributed by atoms with E-state index in [9.17, 15) is 4.79 Å². The number of hydrogen-bond acceptors (Lipinski definition) is 4. The van der Waals surface area contributed by atoms with Gasteiger partial charge in [-0.3, -0.25) is 9.78 Å². The number of aromatic nitrogens is 4. The zero-order valence-corrected chi connectivity index (χ0v) is 13.9. The summed E-state index contributed by atoms with van der Waals surface area (Å²) in [6.07, 6.45) is 3.27. The molecule has 3 aromatic rings. The van der Waals surface area contributed by atoms with Gasteiger partial charge in [-0.25, -0.2) is 9.67 Å². The lowest BCUT2D eigenvalue weighted by atomic mass is 10.2. The zero-order chi connectivity index (χ0) is 17.1. The molecule has 3 rings (SSSR count). The van der Waals surface area contributed by atoms with E-state index in [0.29, 0.717) is 11.4 Å². The molecule has 0 fully saturated rings. The number of pyridine rings is 2. The van der Waals surface area contributed by atoms with Gasteiger partial charge in [-0.1, -0.05) is 6.07 Å². The molecule has 0 spiro atoms. The second kappa shape index (κ2) is 6.62. The van der Waals surface area contributed by atoms with Crippen molar-refractivity contribution in [2.75, 3.05) is 0 Å². The summed E-state index contributed by atoms with van der Waals surface area (Å²) in [4.78, 5) is 20.9. The molecule has 0 aliphatic heterocycles. The number of rotatable bonds is 4. The first-order valence-corrected chi connectivity index (χ1v) is 7.76. The third kappa shape index (κ3) is 3.32. The van der Waals surface area contributed by atoms with Crippen molar-refractivity contribution in [3.63, 3.8) is 0 Å². The van der Waals surface area contributed by atoms with Crippen LogP contribution >= 0.6 is 0 Å². The van der Waals surface area contributed by atoms with Crippen LogP contribution in [0.5, 0.6) is 0 Å². The first kappa shape index (κ1) is 15.9. The van der Waals surface area contributed by atoms with Gasteiger partial charge in [0.25, 0.3) is 5.91 Å². The molecule has 0 bridgehead atoms. The molecule has 0 aliphatic rings. The Balaban J connectivity index is 1.73. The van der Waals surface area contributed by atoms with E-state index in [0.717, 1.165) is 17.1 Å². The van der Waals surface area contributed by atoms with Gasteiger partial charge >= 0.3 is 0 Å². The average Bonchev–Trinajstić information content (AvgIpc) is 2.94. The molecule has 0 aromatic carbocycles.